The van der Waals surface area contributed by atoms with Crippen LogP contribution in [0.25, 0.3) is 5.69 Å². The molecule has 1 aromatic heterocycles. The molecule has 0 unspecified atom stereocenters. The van der Waals surface area contributed by atoms with Crippen molar-refractivity contribution in [2.75, 3.05) is 12.4 Å². The third kappa shape index (κ3) is 3.12. The van der Waals surface area contributed by atoms with Crippen molar-refractivity contribution >= 4 is 11.6 Å². The van der Waals surface area contributed by atoms with Crippen molar-refractivity contribution in [3.63, 3.8) is 0 Å². The van der Waals surface area contributed by atoms with E-state index in [1.54, 1.807) is 23.9 Å². The highest BCUT2D eigenvalue weighted by atomic mass is 19.1. The number of benzene rings is 2. The SMILES string of the molecule is COc1cn(-c2ccccc2)nc1C(=O)Nc1ccc(C)cc1F. The van der Waals surface area contributed by atoms with Crippen molar-refractivity contribution in [2.24, 2.45) is 0 Å². The van der Waals surface area contributed by atoms with E-state index in [1.807, 2.05) is 30.3 Å². The number of nitrogens with one attached hydrogen (secondary N) is 1. The Morgan fingerprint density at radius 1 is 1.21 bits per heavy atom. The first-order valence-corrected chi connectivity index (χ1v) is 7.35. The molecule has 1 N–H and O–H groups in total. The highest BCUT2D eigenvalue weighted by Gasteiger charge is 2.19. The molecular formula is C18H16FN3O2. The lowest BCUT2D eigenvalue weighted by Gasteiger charge is -2.06. The minimum Gasteiger partial charge on any atom is -0.493 e. The number of carbonyl (C=O) groups excluding carboxylic acids is 1. The number of carbonyl (C=O) groups is 1. The summed E-state index contributed by atoms with van der Waals surface area (Å²) in [5.74, 6) is -0.724. The van der Waals surface area contributed by atoms with Crippen molar-refractivity contribution < 1.29 is 13.9 Å². The molecule has 3 rings (SSSR count). The van der Waals surface area contributed by atoms with Crippen LogP contribution in [-0.4, -0.2) is 22.8 Å². The Morgan fingerprint density at radius 3 is 2.62 bits per heavy atom. The van der Waals surface area contributed by atoms with Gasteiger partial charge >= 0.3 is 0 Å². The van der Waals surface area contributed by atoms with Crippen molar-refractivity contribution in [3.8, 4) is 11.4 Å². The molecule has 1 heterocycles. The summed E-state index contributed by atoms with van der Waals surface area (Å²) in [6.45, 7) is 1.78. The maximum Gasteiger partial charge on any atom is 0.280 e. The van der Waals surface area contributed by atoms with Gasteiger partial charge in [-0.1, -0.05) is 24.3 Å². The van der Waals surface area contributed by atoms with Gasteiger partial charge in [0, 0.05) is 0 Å². The molecule has 6 heteroatoms. The number of halogens is 1. The summed E-state index contributed by atoms with van der Waals surface area (Å²) in [7, 11) is 1.45. The number of ether oxygens (including phenoxy) is 1. The number of anilines is 1. The van der Waals surface area contributed by atoms with E-state index >= 15 is 0 Å². The van der Waals surface area contributed by atoms with Crippen LogP contribution in [0.5, 0.6) is 5.75 Å². The van der Waals surface area contributed by atoms with E-state index in [9.17, 15) is 9.18 Å². The molecule has 24 heavy (non-hydrogen) atoms. The number of aromatic nitrogens is 2. The number of amides is 1. The molecule has 0 aliphatic rings. The Hall–Kier alpha value is -3.15. The molecule has 0 radical (unpaired) electrons. The van der Waals surface area contributed by atoms with Crippen LogP contribution in [0.3, 0.4) is 0 Å². The molecule has 3 aromatic rings. The maximum absolute atomic E-state index is 13.9. The van der Waals surface area contributed by atoms with Crippen LogP contribution in [0.2, 0.25) is 0 Å². The first kappa shape index (κ1) is 15.7. The van der Waals surface area contributed by atoms with Crippen LogP contribution in [0, 0.1) is 12.7 Å². The molecule has 0 aliphatic carbocycles. The van der Waals surface area contributed by atoms with E-state index in [0.29, 0.717) is 5.75 Å². The summed E-state index contributed by atoms with van der Waals surface area (Å²) in [6.07, 6.45) is 1.61. The standard InChI is InChI=1S/C18H16FN3O2/c1-12-8-9-15(14(19)10-12)20-18(23)17-16(24-2)11-22(21-17)13-6-4-3-5-7-13/h3-11H,1-2H3,(H,20,23). The van der Waals surface area contributed by atoms with Gasteiger partial charge in [0.05, 0.1) is 24.7 Å². The number of nitrogens with zero attached hydrogens (tertiary/aromatic N) is 2. The molecule has 0 saturated carbocycles. The predicted molar refractivity (Wildman–Crippen MR) is 89.2 cm³/mol. The highest BCUT2D eigenvalue weighted by Crippen LogP contribution is 2.22. The first-order valence-electron chi connectivity index (χ1n) is 7.35. The normalized spacial score (nSPS) is 10.5. The second-order valence-corrected chi connectivity index (χ2v) is 5.26. The van der Waals surface area contributed by atoms with E-state index in [2.05, 4.69) is 10.4 Å². The zero-order valence-corrected chi connectivity index (χ0v) is 13.3. The monoisotopic (exact) mass is 325 g/mol. The van der Waals surface area contributed by atoms with Gasteiger partial charge in [0.15, 0.2) is 11.4 Å². The average Bonchev–Trinajstić information content (AvgIpc) is 3.02. The average molecular weight is 325 g/mol. The van der Waals surface area contributed by atoms with Gasteiger partial charge in [0.2, 0.25) is 0 Å². The summed E-state index contributed by atoms with van der Waals surface area (Å²) in [4.78, 5) is 12.4. The zero-order valence-electron chi connectivity index (χ0n) is 13.3. The van der Waals surface area contributed by atoms with Crippen LogP contribution in [0.1, 0.15) is 16.1 Å². The van der Waals surface area contributed by atoms with E-state index in [-0.39, 0.29) is 11.4 Å². The zero-order chi connectivity index (χ0) is 17.1. The van der Waals surface area contributed by atoms with E-state index in [4.69, 9.17) is 4.74 Å². The lowest BCUT2D eigenvalue weighted by Crippen LogP contribution is -2.15. The van der Waals surface area contributed by atoms with Gasteiger partial charge in [-0.05, 0) is 36.8 Å². The van der Waals surface area contributed by atoms with Gasteiger partial charge < -0.3 is 10.1 Å². The summed E-state index contributed by atoms with van der Waals surface area (Å²) < 4.78 is 20.7. The minimum atomic E-state index is -0.538. The van der Waals surface area contributed by atoms with Crippen molar-refractivity contribution in [1.82, 2.24) is 9.78 Å². The van der Waals surface area contributed by atoms with E-state index in [0.717, 1.165) is 11.3 Å². The smallest absolute Gasteiger partial charge is 0.280 e. The Labute approximate surface area is 138 Å². The lowest BCUT2D eigenvalue weighted by atomic mass is 10.2. The fourth-order valence-electron chi connectivity index (χ4n) is 2.28. The Bertz CT molecular complexity index is 875. The second kappa shape index (κ2) is 6.54. The summed E-state index contributed by atoms with van der Waals surface area (Å²) in [6, 6.07) is 13.9. The third-order valence-electron chi connectivity index (χ3n) is 3.51. The van der Waals surface area contributed by atoms with Gasteiger partial charge in [-0.15, -0.1) is 0 Å². The minimum absolute atomic E-state index is 0.0846. The molecule has 0 spiro atoms. The molecule has 0 atom stereocenters. The summed E-state index contributed by atoms with van der Waals surface area (Å²) in [5, 5.41) is 6.78. The molecule has 0 fully saturated rings. The van der Waals surface area contributed by atoms with Crippen LogP contribution in [0.15, 0.2) is 54.7 Å². The molecule has 0 saturated heterocycles. The number of rotatable bonds is 4. The Balaban J connectivity index is 1.90. The number of para-hydroxylation sites is 1. The quantitative estimate of drug-likeness (QED) is 0.797. The molecule has 1 amide bonds. The Morgan fingerprint density at radius 2 is 1.96 bits per heavy atom. The second-order valence-electron chi connectivity index (χ2n) is 5.26. The molecule has 5 nitrogen and oxygen atoms in total. The van der Waals surface area contributed by atoms with Crippen LogP contribution >= 0.6 is 0 Å². The number of hydrogen-bond donors (Lipinski definition) is 1. The van der Waals surface area contributed by atoms with Crippen molar-refractivity contribution in [3.05, 3.63) is 71.8 Å². The number of hydrogen-bond acceptors (Lipinski definition) is 3. The third-order valence-corrected chi connectivity index (χ3v) is 3.51. The van der Waals surface area contributed by atoms with Gasteiger partial charge in [-0.25, -0.2) is 9.07 Å². The number of methoxy groups -OCH3 is 1. The van der Waals surface area contributed by atoms with E-state index in [1.165, 1.54) is 19.2 Å². The predicted octanol–water partition coefficient (Wildman–Crippen LogP) is 3.58. The molecule has 0 bridgehead atoms. The highest BCUT2D eigenvalue weighted by molar-refractivity contribution is 6.04. The topological polar surface area (TPSA) is 56.2 Å². The van der Waals surface area contributed by atoms with Crippen LogP contribution in [0.4, 0.5) is 10.1 Å². The summed E-state index contributed by atoms with van der Waals surface area (Å²) in [5.41, 5.74) is 1.75. The molecule has 2 aromatic carbocycles. The molecular weight excluding hydrogens is 309 g/mol. The summed E-state index contributed by atoms with van der Waals surface area (Å²) >= 11 is 0. The van der Waals surface area contributed by atoms with Crippen molar-refractivity contribution in [1.29, 1.82) is 0 Å². The van der Waals surface area contributed by atoms with E-state index < -0.39 is 11.7 Å². The van der Waals surface area contributed by atoms with Crippen LogP contribution < -0.4 is 10.1 Å². The molecule has 0 aliphatic heterocycles. The fourth-order valence-corrected chi connectivity index (χ4v) is 2.28. The maximum atomic E-state index is 13.9. The van der Waals surface area contributed by atoms with Gasteiger partial charge in [-0.3, -0.25) is 4.79 Å². The molecule has 122 valence electrons. The fraction of sp³-hybridized carbons (Fsp3) is 0.111. The number of aryl methyl sites for hydroxylation is 1. The van der Waals surface area contributed by atoms with Crippen molar-refractivity contribution in [2.45, 2.75) is 6.92 Å². The van der Waals surface area contributed by atoms with Crippen LogP contribution in [-0.2, 0) is 0 Å². The Kier molecular flexibility index (Phi) is 4.29. The van der Waals surface area contributed by atoms with Gasteiger partial charge in [0.1, 0.15) is 5.82 Å². The van der Waals surface area contributed by atoms with Gasteiger partial charge in [-0.2, -0.15) is 5.10 Å². The lowest BCUT2D eigenvalue weighted by molar-refractivity contribution is 0.101. The van der Waals surface area contributed by atoms with Gasteiger partial charge in [0.25, 0.3) is 5.91 Å². The first-order chi connectivity index (χ1) is 11.6. The largest absolute Gasteiger partial charge is 0.493 e.